The van der Waals surface area contributed by atoms with Gasteiger partial charge in [-0.1, -0.05) is 6.08 Å². The summed E-state index contributed by atoms with van der Waals surface area (Å²) in [4.78, 5) is 3.83. The van der Waals surface area contributed by atoms with E-state index in [0.29, 0.717) is 5.92 Å². The number of rotatable bonds is 2. The first kappa shape index (κ1) is 9.13. The Kier molecular flexibility index (Phi) is 2.76. The number of allylic oxidation sites excluding steroid dienone is 2. The molecule has 0 radical (unpaired) electrons. The van der Waals surface area contributed by atoms with E-state index in [1.807, 2.05) is 0 Å². The van der Waals surface area contributed by atoms with Crippen molar-refractivity contribution in [2.75, 3.05) is 0 Å². The van der Waals surface area contributed by atoms with Crippen molar-refractivity contribution in [2.45, 2.75) is 12.8 Å². The Hall–Kier alpha value is -0.960. The van der Waals surface area contributed by atoms with Crippen molar-refractivity contribution < 1.29 is 4.42 Å². The summed E-state index contributed by atoms with van der Waals surface area (Å²) < 4.78 is 5.09. The van der Waals surface area contributed by atoms with Crippen molar-refractivity contribution in [1.82, 2.24) is 4.98 Å². The monoisotopic (exact) mass is 186 g/mol. The first-order valence-corrected chi connectivity index (χ1v) is 3.68. The summed E-state index contributed by atoms with van der Waals surface area (Å²) in [5.41, 5.74) is 6.51. The van der Waals surface area contributed by atoms with Gasteiger partial charge in [-0.3, -0.25) is 0 Å². The van der Waals surface area contributed by atoms with Crippen molar-refractivity contribution in [3.05, 3.63) is 30.1 Å². The summed E-state index contributed by atoms with van der Waals surface area (Å²) in [6.07, 6.45) is 7.22. The van der Waals surface area contributed by atoms with Crippen LogP contribution in [0.1, 0.15) is 12.2 Å². The Morgan fingerprint density at radius 3 is 2.92 bits per heavy atom. The fourth-order valence-corrected chi connectivity index (χ4v) is 1.30. The Morgan fingerprint density at radius 2 is 2.42 bits per heavy atom. The SMILES string of the molecule is Cl.NC1=CC(Cc2cnco2)C1. The first-order valence-electron chi connectivity index (χ1n) is 3.68. The Bertz CT molecular complexity index is 269. The Morgan fingerprint density at radius 1 is 1.67 bits per heavy atom. The van der Waals surface area contributed by atoms with Gasteiger partial charge in [-0.25, -0.2) is 4.98 Å². The number of aromatic nitrogens is 1. The zero-order valence-corrected chi connectivity index (χ0v) is 7.38. The molecule has 0 fully saturated rings. The van der Waals surface area contributed by atoms with Crippen LogP contribution in [0.2, 0.25) is 0 Å². The van der Waals surface area contributed by atoms with Crippen LogP contribution < -0.4 is 5.73 Å². The molecule has 1 aromatic rings. The molecule has 1 aliphatic carbocycles. The maximum absolute atomic E-state index is 5.51. The third kappa shape index (κ3) is 1.80. The largest absolute Gasteiger partial charge is 0.449 e. The molecule has 1 unspecified atom stereocenters. The maximum Gasteiger partial charge on any atom is 0.180 e. The van der Waals surface area contributed by atoms with Crippen LogP contribution in [0.5, 0.6) is 0 Å². The smallest absolute Gasteiger partial charge is 0.180 e. The van der Waals surface area contributed by atoms with Crippen molar-refractivity contribution in [2.24, 2.45) is 11.7 Å². The third-order valence-electron chi connectivity index (χ3n) is 1.89. The molecule has 0 aromatic carbocycles. The van der Waals surface area contributed by atoms with Gasteiger partial charge in [0.05, 0.1) is 6.20 Å². The molecule has 1 atom stereocenters. The van der Waals surface area contributed by atoms with Crippen LogP contribution in [0.3, 0.4) is 0 Å². The summed E-state index contributed by atoms with van der Waals surface area (Å²) in [6.45, 7) is 0. The molecule has 4 heteroatoms. The van der Waals surface area contributed by atoms with E-state index in [9.17, 15) is 0 Å². The minimum absolute atomic E-state index is 0. The van der Waals surface area contributed by atoms with Gasteiger partial charge in [0.15, 0.2) is 6.39 Å². The topological polar surface area (TPSA) is 52.0 Å². The van der Waals surface area contributed by atoms with E-state index < -0.39 is 0 Å². The lowest BCUT2D eigenvalue weighted by atomic mass is 9.88. The van der Waals surface area contributed by atoms with E-state index in [1.54, 1.807) is 6.20 Å². The second kappa shape index (κ2) is 3.63. The summed E-state index contributed by atoms with van der Waals surface area (Å²) in [5.74, 6) is 1.52. The Labute approximate surface area is 77.1 Å². The van der Waals surface area contributed by atoms with Crippen molar-refractivity contribution in [1.29, 1.82) is 0 Å². The van der Waals surface area contributed by atoms with E-state index in [-0.39, 0.29) is 12.4 Å². The fraction of sp³-hybridized carbons (Fsp3) is 0.375. The van der Waals surface area contributed by atoms with E-state index >= 15 is 0 Å². The number of oxazole rings is 1. The molecule has 3 nitrogen and oxygen atoms in total. The highest BCUT2D eigenvalue weighted by Crippen LogP contribution is 2.25. The van der Waals surface area contributed by atoms with Crippen molar-refractivity contribution in [3.63, 3.8) is 0 Å². The number of halogens is 1. The molecule has 0 spiro atoms. The van der Waals surface area contributed by atoms with Gasteiger partial charge >= 0.3 is 0 Å². The van der Waals surface area contributed by atoms with Gasteiger partial charge in [0, 0.05) is 12.1 Å². The lowest BCUT2D eigenvalue weighted by Gasteiger charge is -2.20. The van der Waals surface area contributed by atoms with Crippen LogP contribution >= 0.6 is 12.4 Å². The molecule has 0 aliphatic heterocycles. The minimum Gasteiger partial charge on any atom is -0.449 e. The standard InChI is InChI=1S/C8H10N2O.ClH/c9-7-1-6(2-7)3-8-4-10-5-11-8;/h1,4-6H,2-3,9H2;1H. The molecule has 0 saturated heterocycles. The zero-order chi connectivity index (χ0) is 7.68. The van der Waals surface area contributed by atoms with E-state index in [0.717, 1.165) is 24.3 Å². The lowest BCUT2D eigenvalue weighted by Crippen LogP contribution is -2.17. The van der Waals surface area contributed by atoms with E-state index in [2.05, 4.69) is 11.1 Å². The molecule has 0 saturated carbocycles. The van der Waals surface area contributed by atoms with E-state index in [4.69, 9.17) is 10.2 Å². The quantitative estimate of drug-likeness (QED) is 0.762. The van der Waals surface area contributed by atoms with Crippen LogP contribution in [0.25, 0.3) is 0 Å². The molecule has 2 N–H and O–H groups in total. The zero-order valence-electron chi connectivity index (χ0n) is 6.56. The van der Waals surface area contributed by atoms with Gasteiger partial charge < -0.3 is 10.2 Å². The third-order valence-corrected chi connectivity index (χ3v) is 1.89. The second-order valence-corrected chi connectivity index (χ2v) is 2.88. The number of nitrogens with zero attached hydrogens (tertiary/aromatic N) is 1. The number of hydrogen-bond donors (Lipinski definition) is 1. The molecular formula is C8H11ClN2O. The first-order chi connectivity index (χ1) is 5.34. The highest BCUT2D eigenvalue weighted by Gasteiger charge is 2.17. The van der Waals surface area contributed by atoms with Crippen LogP contribution in [0.4, 0.5) is 0 Å². The van der Waals surface area contributed by atoms with Crippen LogP contribution in [-0.2, 0) is 6.42 Å². The predicted molar refractivity (Wildman–Crippen MR) is 47.8 cm³/mol. The molecule has 12 heavy (non-hydrogen) atoms. The number of nitrogens with two attached hydrogens (primary N) is 1. The lowest BCUT2D eigenvalue weighted by molar-refractivity contribution is 0.453. The summed E-state index contributed by atoms with van der Waals surface area (Å²) >= 11 is 0. The highest BCUT2D eigenvalue weighted by atomic mass is 35.5. The summed E-state index contributed by atoms with van der Waals surface area (Å²) in [7, 11) is 0. The molecule has 2 rings (SSSR count). The van der Waals surface area contributed by atoms with Gasteiger partial charge in [0.1, 0.15) is 5.76 Å². The predicted octanol–water partition coefficient (Wildman–Crippen LogP) is 1.50. The van der Waals surface area contributed by atoms with E-state index in [1.165, 1.54) is 6.39 Å². The maximum atomic E-state index is 5.51. The summed E-state index contributed by atoms with van der Waals surface area (Å²) in [6, 6.07) is 0. The van der Waals surface area contributed by atoms with Crippen molar-refractivity contribution in [3.8, 4) is 0 Å². The molecule has 1 aromatic heterocycles. The Balaban J connectivity index is 0.000000720. The summed E-state index contributed by atoms with van der Waals surface area (Å²) in [5, 5.41) is 0. The van der Waals surface area contributed by atoms with Crippen LogP contribution in [-0.4, -0.2) is 4.98 Å². The molecule has 0 amide bonds. The second-order valence-electron chi connectivity index (χ2n) is 2.88. The van der Waals surface area contributed by atoms with Gasteiger partial charge in [0.25, 0.3) is 0 Å². The van der Waals surface area contributed by atoms with Crippen LogP contribution in [0, 0.1) is 5.92 Å². The molecule has 0 bridgehead atoms. The highest BCUT2D eigenvalue weighted by molar-refractivity contribution is 5.85. The molecule has 66 valence electrons. The molecule has 1 aliphatic rings. The molecule has 1 heterocycles. The molecular weight excluding hydrogens is 176 g/mol. The average molecular weight is 187 g/mol. The van der Waals surface area contributed by atoms with Crippen molar-refractivity contribution >= 4 is 12.4 Å². The minimum atomic E-state index is 0. The van der Waals surface area contributed by atoms with Gasteiger partial charge in [-0.2, -0.15) is 0 Å². The fourth-order valence-electron chi connectivity index (χ4n) is 1.30. The van der Waals surface area contributed by atoms with Crippen LogP contribution in [0.15, 0.2) is 28.8 Å². The van der Waals surface area contributed by atoms with Gasteiger partial charge in [-0.05, 0) is 12.3 Å². The van der Waals surface area contributed by atoms with Gasteiger partial charge in [0.2, 0.25) is 0 Å². The number of hydrogen-bond acceptors (Lipinski definition) is 3. The van der Waals surface area contributed by atoms with Gasteiger partial charge in [-0.15, -0.1) is 12.4 Å². The average Bonchev–Trinajstić information content (AvgIpc) is 2.36. The normalized spacial score (nSPS) is 20.7.